The van der Waals surface area contributed by atoms with Crippen molar-refractivity contribution in [2.75, 3.05) is 0 Å². The van der Waals surface area contributed by atoms with Gasteiger partial charge in [-0.15, -0.1) is 0 Å². The second kappa shape index (κ2) is 5.12. The highest BCUT2D eigenvalue weighted by Gasteiger charge is 2.13. The number of aryl methyl sites for hydroxylation is 1. The van der Waals surface area contributed by atoms with Gasteiger partial charge in [-0.3, -0.25) is 4.79 Å². The third-order valence-corrected chi connectivity index (χ3v) is 2.97. The first-order valence-corrected chi connectivity index (χ1v) is 6.63. The number of aromatic nitrogens is 2. The van der Waals surface area contributed by atoms with Crippen LogP contribution in [0.2, 0.25) is 0 Å². The summed E-state index contributed by atoms with van der Waals surface area (Å²) >= 11 is 0. The Morgan fingerprint density at radius 1 is 1.10 bits per heavy atom. The Kier molecular flexibility index (Phi) is 3.66. The van der Waals surface area contributed by atoms with Crippen molar-refractivity contribution in [2.24, 2.45) is 0 Å². The summed E-state index contributed by atoms with van der Waals surface area (Å²) in [6.45, 7) is 9.72. The van der Waals surface area contributed by atoms with Crippen molar-refractivity contribution in [3.63, 3.8) is 0 Å². The van der Waals surface area contributed by atoms with E-state index in [0.29, 0.717) is 5.56 Å². The highest BCUT2D eigenvalue weighted by Crippen LogP contribution is 2.27. The maximum absolute atomic E-state index is 11.7. The predicted octanol–water partition coefficient (Wildman–Crippen LogP) is 3.23. The molecule has 2 aromatic rings. The number of rotatable bonds is 2. The molecule has 0 aliphatic rings. The Morgan fingerprint density at radius 3 is 2.25 bits per heavy atom. The molecule has 0 saturated carbocycles. The first-order valence-electron chi connectivity index (χ1n) is 6.63. The molecule has 0 radical (unpaired) electrons. The highest BCUT2D eigenvalue weighted by molar-refractivity contribution is 5.69. The lowest BCUT2D eigenvalue weighted by atomic mass is 10.0. The van der Waals surface area contributed by atoms with Crippen LogP contribution >= 0.6 is 0 Å². The molecule has 1 heterocycles. The molecule has 2 rings (SSSR count). The van der Waals surface area contributed by atoms with Crippen molar-refractivity contribution in [2.45, 2.75) is 40.2 Å². The number of hydrogen-bond acceptors (Lipinski definition) is 3. The van der Waals surface area contributed by atoms with Gasteiger partial charge in [-0.2, -0.15) is 5.10 Å². The van der Waals surface area contributed by atoms with E-state index in [9.17, 15) is 4.79 Å². The smallest absolute Gasteiger partial charge is 0.267 e. The fourth-order valence-corrected chi connectivity index (χ4v) is 2.13. The van der Waals surface area contributed by atoms with Gasteiger partial charge in [0.2, 0.25) is 0 Å². The summed E-state index contributed by atoms with van der Waals surface area (Å²) < 4.78 is 5.79. The average molecular weight is 272 g/mol. The minimum atomic E-state index is -0.223. The topological polar surface area (TPSA) is 55.0 Å². The van der Waals surface area contributed by atoms with Gasteiger partial charge in [-0.1, -0.05) is 12.1 Å². The molecule has 1 N–H and O–H groups in total. The van der Waals surface area contributed by atoms with Gasteiger partial charge >= 0.3 is 0 Å². The molecule has 1 aromatic carbocycles. The van der Waals surface area contributed by atoms with Crippen molar-refractivity contribution >= 4 is 0 Å². The van der Waals surface area contributed by atoms with Gasteiger partial charge in [0.25, 0.3) is 5.56 Å². The van der Waals surface area contributed by atoms with Gasteiger partial charge in [0.15, 0.2) is 0 Å². The largest absolute Gasteiger partial charge is 0.488 e. The molecule has 0 spiro atoms. The molecule has 0 amide bonds. The van der Waals surface area contributed by atoms with Crippen LogP contribution in [0.15, 0.2) is 29.1 Å². The number of benzene rings is 1. The molecule has 4 heteroatoms. The van der Waals surface area contributed by atoms with Crippen molar-refractivity contribution in [1.29, 1.82) is 0 Å². The Balaban J connectivity index is 2.41. The fraction of sp³-hybridized carbons (Fsp3) is 0.375. The Bertz CT molecular complexity index is 664. The second-order valence-electron chi connectivity index (χ2n) is 5.88. The first kappa shape index (κ1) is 14.3. The van der Waals surface area contributed by atoms with E-state index in [0.717, 1.165) is 22.6 Å². The van der Waals surface area contributed by atoms with E-state index in [1.807, 2.05) is 58.9 Å². The monoisotopic (exact) mass is 272 g/mol. The van der Waals surface area contributed by atoms with Crippen LogP contribution in [-0.4, -0.2) is 15.8 Å². The Hall–Kier alpha value is -2.10. The lowest BCUT2D eigenvalue weighted by Crippen LogP contribution is -2.22. The van der Waals surface area contributed by atoms with Crippen LogP contribution < -0.4 is 10.3 Å². The second-order valence-corrected chi connectivity index (χ2v) is 5.88. The zero-order valence-corrected chi connectivity index (χ0v) is 12.6. The molecule has 0 saturated heterocycles. The molecular weight excluding hydrogens is 252 g/mol. The number of ether oxygens (including phenoxy) is 1. The van der Waals surface area contributed by atoms with E-state index < -0.39 is 0 Å². The number of H-pyrrole nitrogens is 1. The normalized spacial score (nSPS) is 11.4. The van der Waals surface area contributed by atoms with E-state index >= 15 is 0 Å². The van der Waals surface area contributed by atoms with Crippen LogP contribution in [0, 0.1) is 13.8 Å². The van der Waals surface area contributed by atoms with Gasteiger partial charge in [-0.25, -0.2) is 5.10 Å². The average Bonchev–Trinajstić information content (AvgIpc) is 2.35. The van der Waals surface area contributed by atoms with Crippen molar-refractivity contribution in [3.05, 3.63) is 45.9 Å². The Morgan fingerprint density at radius 2 is 1.70 bits per heavy atom. The van der Waals surface area contributed by atoms with Gasteiger partial charge in [0.05, 0.1) is 5.69 Å². The van der Waals surface area contributed by atoms with Crippen LogP contribution in [0.5, 0.6) is 5.75 Å². The van der Waals surface area contributed by atoms with E-state index in [4.69, 9.17) is 4.74 Å². The predicted molar refractivity (Wildman–Crippen MR) is 80.1 cm³/mol. The molecule has 0 atom stereocenters. The van der Waals surface area contributed by atoms with Gasteiger partial charge < -0.3 is 4.74 Å². The zero-order valence-electron chi connectivity index (χ0n) is 12.6. The van der Waals surface area contributed by atoms with Crippen LogP contribution in [0.4, 0.5) is 0 Å². The minimum Gasteiger partial charge on any atom is -0.488 e. The summed E-state index contributed by atoms with van der Waals surface area (Å²) in [5, 5.41) is 6.52. The first-order chi connectivity index (χ1) is 9.28. The molecule has 0 aliphatic carbocycles. The van der Waals surface area contributed by atoms with E-state index in [1.165, 1.54) is 0 Å². The molecule has 106 valence electrons. The maximum atomic E-state index is 11.7. The fourth-order valence-electron chi connectivity index (χ4n) is 2.13. The van der Waals surface area contributed by atoms with Gasteiger partial charge in [0, 0.05) is 11.1 Å². The maximum Gasteiger partial charge on any atom is 0.267 e. The summed E-state index contributed by atoms with van der Waals surface area (Å²) in [5.74, 6) is 0.814. The summed E-state index contributed by atoms with van der Waals surface area (Å²) in [6.07, 6.45) is 0. The van der Waals surface area contributed by atoms with Gasteiger partial charge in [-0.05, 0) is 52.3 Å². The molecule has 4 nitrogen and oxygen atoms in total. The van der Waals surface area contributed by atoms with Crippen LogP contribution in [-0.2, 0) is 0 Å². The standard InChI is InChI=1S/C16H20N2O2/c1-10-14(11(2)17-18-15(10)19)12-6-8-13(9-7-12)20-16(3,4)5/h6-9H,1-5H3,(H,18,19). The number of aromatic amines is 1. The lowest BCUT2D eigenvalue weighted by molar-refractivity contribution is 0.131. The Labute approximate surface area is 118 Å². The van der Waals surface area contributed by atoms with Crippen LogP contribution in [0.1, 0.15) is 32.0 Å². The van der Waals surface area contributed by atoms with Crippen molar-refractivity contribution < 1.29 is 4.74 Å². The molecule has 20 heavy (non-hydrogen) atoms. The molecule has 1 aromatic heterocycles. The van der Waals surface area contributed by atoms with E-state index in [1.54, 1.807) is 0 Å². The lowest BCUT2D eigenvalue weighted by Gasteiger charge is -2.21. The number of nitrogens with zero attached hydrogens (tertiary/aromatic N) is 1. The number of nitrogens with one attached hydrogen (secondary N) is 1. The summed E-state index contributed by atoms with van der Waals surface area (Å²) in [5.41, 5.74) is 2.98. The summed E-state index contributed by atoms with van der Waals surface area (Å²) in [7, 11) is 0. The van der Waals surface area contributed by atoms with Crippen molar-refractivity contribution in [3.8, 4) is 16.9 Å². The van der Waals surface area contributed by atoms with Crippen LogP contribution in [0.3, 0.4) is 0 Å². The van der Waals surface area contributed by atoms with Crippen molar-refractivity contribution in [1.82, 2.24) is 10.2 Å². The SMILES string of the molecule is Cc1n[nH]c(=O)c(C)c1-c1ccc(OC(C)(C)C)cc1. The molecular formula is C16H20N2O2. The molecule has 0 bridgehead atoms. The summed E-state index contributed by atoms with van der Waals surface area (Å²) in [6, 6.07) is 7.75. The number of hydrogen-bond donors (Lipinski definition) is 1. The molecule has 0 fully saturated rings. The van der Waals surface area contributed by atoms with E-state index in [-0.39, 0.29) is 11.2 Å². The van der Waals surface area contributed by atoms with E-state index in [2.05, 4.69) is 10.2 Å². The van der Waals surface area contributed by atoms with Gasteiger partial charge in [0.1, 0.15) is 11.4 Å². The quantitative estimate of drug-likeness (QED) is 0.913. The highest BCUT2D eigenvalue weighted by atomic mass is 16.5. The third kappa shape index (κ3) is 3.07. The third-order valence-electron chi connectivity index (χ3n) is 2.97. The summed E-state index contributed by atoms with van der Waals surface area (Å²) in [4.78, 5) is 11.7. The molecule has 0 unspecified atom stereocenters. The molecule has 0 aliphatic heterocycles. The van der Waals surface area contributed by atoms with Crippen LogP contribution in [0.25, 0.3) is 11.1 Å². The zero-order chi connectivity index (χ0) is 14.9. The minimum absolute atomic E-state index is 0.152.